The standard InChI is InChI=1S/C16H17N5O/c17-8-13-19-15(20-22-13)10-1-2-12-11(7-10)14-9-3-5-21(6-4-9)16(14)18-12/h1-2,7,9,18H,3-6,8,17H2. The Kier molecular flexibility index (Phi) is 2.41. The van der Waals surface area contributed by atoms with E-state index in [-0.39, 0.29) is 6.54 Å². The van der Waals surface area contributed by atoms with Crippen LogP contribution in [0.2, 0.25) is 0 Å². The minimum absolute atomic E-state index is 0.270. The number of aromatic amines is 1. The number of benzene rings is 1. The number of nitrogens with two attached hydrogens (primary N) is 1. The highest BCUT2D eigenvalue weighted by Gasteiger charge is 2.33. The van der Waals surface area contributed by atoms with E-state index in [9.17, 15) is 0 Å². The predicted octanol–water partition coefficient (Wildman–Crippen LogP) is 2.37. The maximum atomic E-state index is 5.54. The minimum atomic E-state index is 0.270. The number of nitrogens with one attached hydrogen (secondary N) is 1. The molecule has 22 heavy (non-hydrogen) atoms. The minimum Gasteiger partial charge on any atom is -0.358 e. The molecule has 112 valence electrons. The number of nitrogens with zero attached hydrogens (tertiary/aromatic N) is 3. The molecule has 0 radical (unpaired) electrons. The quantitative estimate of drug-likeness (QED) is 0.758. The van der Waals surface area contributed by atoms with Crippen molar-refractivity contribution in [2.75, 3.05) is 18.0 Å². The highest BCUT2D eigenvalue weighted by atomic mass is 16.5. The van der Waals surface area contributed by atoms with Crippen molar-refractivity contribution in [1.29, 1.82) is 0 Å². The van der Waals surface area contributed by atoms with Gasteiger partial charge < -0.3 is 20.1 Å². The van der Waals surface area contributed by atoms with Gasteiger partial charge in [0, 0.05) is 35.1 Å². The highest BCUT2D eigenvalue weighted by Crippen LogP contribution is 2.46. The molecule has 5 heterocycles. The molecule has 1 saturated heterocycles. The van der Waals surface area contributed by atoms with Crippen LogP contribution in [0.25, 0.3) is 22.3 Å². The largest absolute Gasteiger partial charge is 0.358 e. The summed E-state index contributed by atoms with van der Waals surface area (Å²) in [7, 11) is 0. The zero-order valence-corrected chi connectivity index (χ0v) is 12.2. The Morgan fingerprint density at radius 3 is 2.95 bits per heavy atom. The summed E-state index contributed by atoms with van der Waals surface area (Å²) in [6, 6.07) is 6.33. The lowest BCUT2D eigenvalue weighted by Gasteiger charge is -2.40. The fourth-order valence-electron chi connectivity index (χ4n) is 3.85. The molecule has 6 heteroatoms. The second-order valence-corrected chi connectivity index (χ2v) is 6.12. The number of piperidine rings is 1. The maximum absolute atomic E-state index is 5.54. The fourth-order valence-corrected chi connectivity index (χ4v) is 3.85. The molecule has 1 aromatic carbocycles. The summed E-state index contributed by atoms with van der Waals surface area (Å²) in [5.41, 5.74) is 9.18. The van der Waals surface area contributed by atoms with Gasteiger partial charge in [-0.2, -0.15) is 4.98 Å². The van der Waals surface area contributed by atoms with Crippen molar-refractivity contribution in [3.8, 4) is 11.4 Å². The van der Waals surface area contributed by atoms with Crippen LogP contribution in [-0.4, -0.2) is 28.2 Å². The van der Waals surface area contributed by atoms with Crippen molar-refractivity contribution in [3.05, 3.63) is 29.7 Å². The van der Waals surface area contributed by atoms with Crippen LogP contribution in [0.1, 0.15) is 30.2 Å². The number of hydrogen-bond acceptors (Lipinski definition) is 5. The Morgan fingerprint density at radius 2 is 2.18 bits per heavy atom. The van der Waals surface area contributed by atoms with Crippen LogP contribution in [0.5, 0.6) is 0 Å². The summed E-state index contributed by atoms with van der Waals surface area (Å²) in [6.07, 6.45) is 2.51. The molecule has 0 atom stereocenters. The summed E-state index contributed by atoms with van der Waals surface area (Å²) < 4.78 is 5.12. The average Bonchev–Trinajstić information content (AvgIpc) is 3.20. The first-order chi connectivity index (χ1) is 10.8. The van der Waals surface area contributed by atoms with Gasteiger partial charge in [-0.1, -0.05) is 5.16 Å². The Balaban J connectivity index is 1.69. The molecule has 0 spiro atoms. The Labute approximate surface area is 127 Å². The molecular formula is C16H17N5O. The van der Waals surface area contributed by atoms with Crippen molar-refractivity contribution in [2.45, 2.75) is 25.3 Å². The first kappa shape index (κ1) is 12.2. The molecule has 3 N–H and O–H groups in total. The summed E-state index contributed by atoms with van der Waals surface area (Å²) >= 11 is 0. The van der Waals surface area contributed by atoms with Gasteiger partial charge in [-0.25, -0.2) is 0 Å². The Hall–Kier alpha value is -2.34. The van der Waals surface area contributed by atoms with Gasteiger partial charge >= 0.3 is 0 Å². The number of hydrogen-bond donors (Lipinski definition) is 2. The third kappa shape index (κ3) is 1.58. The number of rotatable bonds is 2. The third-order valence-electron chi connectivity index (χ3n) is 4.94. The van der Waals surface area contributed by atoms with E-state index >= 15 is 0 Å². The van der Waals surface area contributed by atoms with Crippen LogP contribution in [0.15, 0.2) is 22.7 Å². The lowest BCUT2D eigenvalue weighted by Crippen LogP contribution is -2.38. The zero-order valence-electron chi connectivity index (χ0n) is 12.2. The van der Waals surface area contributed by atoms with E-state index in [1.807, 2.05) is 6.07 Å². The molecule has 1 fully saturated rings. The van der Waals surface area contributed by atoms with Crippen molar-refractivity contribution in [1.82, 2.24) is 15.1 Å². The van der Waals surface area contributed by atoms with Crippen LogP contribution < -0.4 is 10.6 Å². The van der Waals surface area contributed by atoms with Crippen LogP contribution in [0.3, 0.4) is 0 Å². The molecule has 0 amide bonds. The maximum Gasteiger partial charge on any atom is 0.240 e. The van der Waals surface area contributed by atoms with Crippen molar-refractivity contribution < 1.29 is 4.52 Å². The van der Waals surface area contributed by atoms with Gasteiger partial charge in [0.25, 0.3) is 0 Å². The molecule has 6 rings (SSSR count). The molecule has 0 saturated carbocycles. The first-order valence-electron chi connectivity index (χ1n) is 7.77. The summed E-state index contributed by atoms with van der Waals surface area (Å²) in [5.74, 6) is 3.06. The fraction of sp³-hybridized carbons (Fsp3) is 0.375. The molecule has 6 nitrogen and oxygen atoms in total. The molecule has 2 aromatic heterocycles. The number of aromatic nitrogens is 3. The number of anilines is 1. The van der Waals surface area contributed by atoms with E-state index in [4.69, 9.17) is 10.3 Å². The summed E-state index contributed by atoms with van der Waals surface area (Å²) in [4.78, 5) is 10.4. The molecule has 3 aliphatic heterocycles. The highest BCUT2D eigenvalue weighted by molar-refractivity contribution is 5.93. The average molecular weight is 295 g/mol. The lowest BCUT2D eigenvalue weighted by molar-refractivity contribution is 0.380. The van der Waals surface area contributed by atoms with Gasteiger partial charge in [-0.3, -0.25) is 0 Å². The number of H-pyrrole nitrogens is 1. The Bertz CT molecular complexity index is 857. The van der Waals surface area contributed by atoms with E-state index in [0.717, 1.165) is 5.56 Å². The van der Waals surface area contributed by atoms with E-state index < -0.39 is 0 Å². The predicted molar refractivity (Wildman–Crippen MR) is 83.7 cm³/mol. The lowest BCUT2D eigenvalue weighted by atomic mass is 9.84. The van der Waals surface area contributed by atoms with Crippen molar-refractivity contribution in [2.24, 2.45) is 5.73 Å². The van der Waals surface area contributed by atoms with Crippen LogP contribution >= 0.6 is 0 Å². The summed E-state index contributed by atoms with van der Waals surface area (Å²) in [5, 5.41) is 5.31. The normalized spacial score (nSPS) is 17.4. The van der Waals surface area contributed by atoms with E-state index in [1.165, 1.54) is 48.2 Å². The molecule has 2 bridgehead atoms. The SMILES string of the molecule is NCc1nc(-c2ccc3[nH]c4c(c3c2)C2CCN4CC2)no1. The van der Waals surface area contributed by atoms with E-state index in [2.05, 4.69) is 32.2 Å². The topological polar surface area (TPSA) is 84.0 Å². The molecule has 3 aromatic rings. The molecule has 3 aliphatic rings. The van der Waals surface area contributed by atoms with Crippen LogP contribution in [-0.2, 0) is 6.54 Å². The van der Waals surface area contributed by atoms with Crippen molar-refractivity contribution >= 4 is 16.7 Å². The second-order valence-electron chi connectivity index (χ2n) is 6.12. The second kappa shape index (κ2) is 4.33. The van der Waals surface area contributed by atoms with Gasteiger partial charge in [-0.15, -0.1) is 0 Å². The van der Waals surface area contributed by atoms with Gasteiger partial charge in [-0.05, 0) is 37.0 Å². The van der Waals surface area contributed by atoms with Gasteiger partial charge in [0.05, 0.1) is 6.54 Å². The molecule has 0 unspecified atom stereocenters. The molecular weight excluding hydrogens is 278 g/mol. The Morgan fingerprint density at radius 1 is 1.32 bits per heavy atom. The summed E-state index contributed by atoms with van der Waals surface area (Å²) in [6.45, 7) is 2.61. The third-order valence-corrected chi connectivity index (χ3v) is 4.94. The van der Waals surface area contributed by atoms with Crippen molar-refractivity contribution in [3.63, 3.8) is 0 Å². The molecule has 0 aliphatic carbocycles. The van der Waals surface area contributed by atoms with E-state index in [1.54, 1.807) is 0 Å². The van der Waals surface area contributed by atoms with Crippen LogP contribution in [0.4, 0.5) is 5.82 Å². The monoisotopic (exact) mass is 295 g/mol. The van der Waals surface area contributed by atoms with Gasteiger partial charge in [0.2, 0.25) is 11.7 Å². The van der Waals surface area contributed by atoms with Gasteiger partial charge in [0.15, 0.2) is 0 Å². The van der Waals surface area contributed by atoms with Gasteiger partial charge in [0.1, 0.15) is 5.82 Å². The zero-order chi connectivity index (χ0) is 14.7. The van der Waals surface area contributed by atoms with E-state index in [0.29, 0.717) is 17.6 Å². The smallest absolute Gasteiger partial charge is 0.240 e. The van der Waals surface area contributed by atoms with Crippen LogP contribution in [0, 0.1) is 0 Å². The first-order valence-corrected chi connectivity index (χ1v) is 7.77. The number of fused-ring (bicyclic) bond motifs is 3.